The Hall–Kier alpha value is -1.21. The van der Waals surface area contributed by atoms with E-state index in [1.807, 2.05) is 0 Å². The minimum atomic E-state index is 0.762. The molecule has 0 nitrogen and oxygen atoms in total. The van der Waals surface area contributed by atoms with Crippen LogP contribution in [0.3, 0.4) is 0 Å². The van der Waals surface area contributed by atoms with Gasteiger partial charge in [0.25, 0.3) is 0 Å². The van der Waals surface area contributed by atoms with Crippen molar-refractivity contribution in [1.82, 2.24) is 0 Å². The highest BCUT2D eigenvalue weighted by molar-refractivity contribution is 7.98. The highest BCUT2D eigenvalue weighted by Crippen LogP contribution is 2.15. The second-order valence-electron chi connectivity index (χ2n) is 6.18. The van der Waals surface area contributed by atoms with Crippen LogP contribution in [-0.4, -0.2) is 6.26 Å². The topological polar surface area (TPSA) is 0 Å². The van der Waals surface area contributed by atoms with Crippen LogP contribution in [0.25, 0.3) is 0 Å². The third kappa shape index (κ3) is 7.70. The molecular formula is C21H30S. The average Bonchev–Trinajstić information content (AvgIpc) is 2.51. The van der Waals surface area contributed by atoms with Crippen LogP contribution in [0.15, 0.2) is 53.4 Å². The van der Waals surface area contributed by atoms with E-state index in [2.05, 4.69) is 82.5 Å². The summed E-state index contributed by atoms with van der Waals surface area (Å²) in [6, 6.07) is 17.6. The van der Waals surface area contributed by atoms with Crippen molar-refractivity contribution in [3.63, 3.8) is 0 Å². The lowest BCUT2D eigenvalue weighted by Gasteiger charge is -2.04. The van der Waals surface area contributed by atoms with Crippen molar-refractivity contribution in [3.05, 3.63) is 65.2 Å². The van der Waals surface area contributed by atoms with Gasteiger partial charge in [-0.25, -0.2) is 0 Å². The van der Waals surface area contributed by atoms with E-state index in [-0.39, 0.29) is 0 Å². The van der Waals surface area contributed by atoms with Crippen molar-refractivity contribution in [2.45, 2.75) is 51.9 Å². The van der Waals surface area contributed by atoms with Crippen molar-refractivity contribution in [1.29, 1.82) is 0 Å². The van der Waals surface area contributed by atoms with Crippen LogP contribution in [0, 0.1) is 12.8 Å². The van der Waals surface area contributed by atoms with Crippen molar-refractivity contribution >= 4 is 11.8 Å². The van der Waals surface area contributed by atoms with E-state index in [0.29, 0.717) is 0 Å². The first-order valence-electron chi connectivity index (χ1n) is 8.23. The summed E-state index contributed by atoms with van der Waals surface area (Å²) in [4.78, 5) is 1.35. The molecule has 0 aliphatic heterocycles. The molecule has 0 N–H and O–H groups in total. The fourth-order valence-corrected chi connectivity index (χ4v) is 2.68. The Morgan fingerprint density at radius 3 is 1.86 bits per heavy atom. The zero-order valence-electron chi connectivity index (χ0n) is 14.7. The largest absolute Gasteiger partial charge is 0.130 e. The smallest absolute Gasteiger partial charge is 0.00693 e. The number of rotatable bonds is 5. The van der Waals surface area contributed by atoms with E-state index in [1.54, 1.807) is 11.8 Å². The van der Waals surface area contributed by atoms with Gasteiger partial charge in [-0.3, -0.25) is 0 Å². The van der Waals surface area contributed by atoms with Gasteiger partial charge in [0.1, 0.15) is 0 Å². The molecule has 0 saturated carbocycles. The quantitative estimate of drug-likeness (QED) is 0.563. The number of aryl methyl sites for hydroxylation is 2. The molecule has 0 aliphatic rings. The van der Waals surface area contributed by atoms with E-state index in [1.165, 1.54) is 40.8 Å². The second-order valence-corrected chi connectivity index (χ2v) is 7.06. The third-order valence-electron chi connectivity index (χ3n) is 3.46. The first kappa shape index (κ1) is 18.8. The fraction of sp³-hybridized carbons (Fsp3) is 0.429. The summed E-state index contributed by atoms with van der Waals surface area (Å²) in [5.74, 6) is 0.762. The van der Waals surface area contributed by atoms with Gasteiger partial charge in [-0.1, -0.05) is 69.2 Å². The third-order valence-corrected chi connectivity index (χ3v) is 4.21. The molecule has 2 aromatic carbocycles. The Labute approximate surface area is 141 Å². The van der Waals surface area contributed by atoms with Crippen molar-refractivity contribution in [2.24, 2.45) is 5.92 Å². The monoisotopic (exact) mass is 314 g/mol. The van der Waals surface area contributed by atoms with Gasteiger partial charge < -0.3 is 0 Å². The van der Waals surface area contributed by atoms with Crippen molar-refractivity contribution in [2.75, 3.05) is 6.26 Å². The SMILES string of the molecule is CCCc1ccc(SC)cc1.Cc1ccc(CC(C)C)cc1. The molecule has 1 heteroatoms. The Morgan fingerprint density at radius 2 is 1.41 bits per heavy atom. The summed E-state index contributed by atoms with van der Waals surface area (Å²) >= 11 is 1.80. The Bertz CT molecular complexity index is 509. The maximum absolute atomic E-state index is 2.25. The van der Waals surface area contributed by atoms with Crippen LogP contribution >= 0.6 is 11.8 Å². The van der Waals surface area contributed by atoms with Gasteiger partial charge in [-0.15, -0.1) is 11.8 Å². The summed E-state index contributed by atoms with van der Waals surface area (Å²) in [5, 5.41) is 0. The Morgan fingerprint density at radius 1 is 0.864 bits per heavy atom. The molecule has 0 atom stereocenters. The van der Waals surface area contributed by atoms with E-state index >= 15 is 0 Å². The molecule has 0 fully saturated rings. The predicted octanol–water partition coefficient (Wildman–Crippen LogP) is 6.55. The van der Waals surface area contributed by atoms with E-state index in [0.717, 1.165) is 5.92 Å². The van der Waals surface area contributed by atoms with Crippen LogP contribution in [0.4, 0.5) is 0 Å². The maximum Gasteiger partial charge on any atom is 0.00693 e. The second kappa shape index (κ2) is 10.5. The Kier molecular flexibility index (Phi) is 9.00. The summed E-state index contributed by atoms with van der Waals surface area (Å²) in [5.41, 5.74) is 4.24. The van der Waals surface area contributed by atoms with Gasteiger partial charge in [0, 0.05) is 4.90 Å². The lowest BCUT2D eigenvalue weighted by atomic mass is 10.0. The zero-order valence-corrected chi connectivity index (χ0v) is 15.5. The minimum absolute atomic E-state index is 0.762. The van der Waals surface area contributed by atoms with Crippen LogP contribution in [0.5, 0.6) is 0 Å². The molecule has 2 aromatic rings. The molecule has 0 heterocycles. The van der Waals surface area contributed by atoms with Crippen LogP contribution in [-0.2, 0) is 12.8 Å². The van der Waals surface area contributed by atoms with Crippen molar-refractivity contribution < 1.29 is 0 Å². The first-order chi connectivity index (χ1) is 10.5. The van der Waals surface area contributed by atoms with Crippen LogP contribution < -0.4 is 0 Å². The molecule has 0 amide bonds. The molecule has 0 bridgehead atoms. The van der Waals surface area contributed by atoms with E-state index in [4.69, 9.17) is 0 Å². The van der Waals surface area contributed by atoms with Gasteiger partial charge in [0.2, 0.25) is 0 Å². The first-order valence-corrected chi connectivity index (χ1v) is 9.46. The highest BCUT2D eigenvalue weighted by atomic mass is 32.2. The molecule has 2 rings (SSSR count). The molecule has 0 saturated heterocycles. The number of thioether (sulfide) groups is 1. The average molecular weight is 315 g/mol. The van der Waals surface area contributed by atoms with E-state index < -0.39 is 0 Å². The van der Waals surface area contributed by atoms with Crippen molar-refractivity contribution in [3.8, 4) is 0 Å². The van der Waals surface area contributed by atoms with E-state index in [9.17, 15) is 0 Å². The normalized spacial score (nSPS) is 10.3. The van der Waals surface area contributed by atoms with Crippen LogP contribution in [0.1, 0.15) is 43.9 Å². The fourth-order valence-electron chi connectivity index (χ4n) is 2.28. The van der Waals surface area contributed by atoms with Gasteiger partial charge in [0.15, 0.2) is 0 Å². The summed E-state index contributed by atoms with van der Waals surface area (Å²) < 4.78 is 0. The Balaban J connectivity index is 0.000000220. The molecule has 0 spiro atoms. The molecule has 0 aliphatic carbocycles. The number of hydrogen-bond donors (Lipinski definition) is 0. The van der Waals surface area contributed by atoms with Gasteiger partial charge in [-0.2, -0.15) is 0 Å². The standard InChI is InChI=1S/C11H16.C10H14S/c1-9(2)8-11-6-4-10(3)5-7-11;1-3-4-9-5-7-10(11-2)8-6-9/h4-7,9H,8H2,1-3H3;5-8H,3-4H2,1-2H3. The number of benzene rings is 2. The van der Waals surface area contributed by atoms with Gasteiger partial charge in [0.05, 0.1) is 0 Å². The lowest BCUT2D eigenvalue weighted by Crippen LogP contribution is -1.93. The zero-order chi connectivity index (χ0) is 16.4. The molecule has 0 radical (unpaired) electrons. The molecular weight excluding hydrogens is 284 g/mol. The maximum atomic E-state index is 2.25. The molecule has 22 heavy (non-hydrogen) atoms. The summed E-state index contributed by atoms with van der Waals surface area (Å²) in [6.07, 6.45) is 5.74. The van der Waals surface area contributed by atoms with Gasteiger partial charge in [-0.05, 0) is 55.2 Å². The summed E-state index contributed by atoms with van der Waals surface area (Å²) in [6.45, 7) is 8.83. The predicted molar refractivity (Wildman–Crippen MR) is 102 cm³/mol. The number of hydrogen-bond acceptors (Lipinski definition) is 1. The lowest BCUT2D eigenvalue weighted by molar-refractivity contribution is 0.647. The molecule has 0 unspecified atom stereocenters. The molecule has 120 valence electrons. The summed E-state index contributed by atoms with van der Waals surface area (Å²) in [7, 11) is 0. The molecule has 0 aromatic heterocycles. The van der Waals surface area contributed by atoms with Gasteiger partial charge >= 0.3 is 0 Å². The minimum Gasteiger partial charge on any atom is -0.130 e. The van der Waals surface area contributed by atoms with Crippen LogP contribution in [0.2, 0.25) is 0 Å². The highest BCUT2D eigenvalue weighted by Gasteiger charge is 1.95.